The average Bonchev–Trinajstić information content (AvgIpc) is 2.70. The topological polar surface area (TPSA) is 40.5 Å². The molecule has 0 aliphatic heterocycles. The molecule has 1 aliphatic carbocycles. The first-order valence-electron chi connectivity index (χ1n) is 5.15. The predicted octanol–water partition coefficient (Wildman–Crippen LogP) is 2.48. The fourth-order valence-corrected chi connectivity index (χ4v) is 2.86. The van der Waals surface area contributed by atoms with E-state index in [2.05, 4.69) is 0 Å². The van der Waals surface area contributed by atoms with E-state index in [4.69, 9.17) is 0 Å². The maximum absolute atomic E-state index is 10.3. The Morgan fingerprint density at radius 2 is 2.00 bits per heavy atom. The summed E-state index contributed by atoms with van der Waals surface area (Å²) in [5, 5.41) is 24.2. The molecule has 1 aromatic heterocycles. The van der Waals surface area contributed by atoms with Crippen molar-refractivity contribution in [3.8, 4) is 0 Å². The van der Waals surface area contributed by atoms with Crippen molar-refractivity contribution in [1.82, 2.24) is 0 Å². The van der Waals surface area contributed by atoms with E-state index >= 15 is 0 Å². The minimum Gasteiger partial charge on any atom is -0.387 e. The lowest BCUT2D eigenvalue weighted by molar-refractivity contribution is -0.0990. The fraction of sp³-hybridized carbons (Fsp3) is 0.636. The van der Waals surface area contributed by atoms with Crippen LogP contribution in [0.25, 0.3) is 0 Å². The molecule has 1 aliphatic rings. The number of aliphatic hydroxyl groups excluding tert-OH is 1. The summed E-state index contributed by atoms with van der Waals surface area (Å²) >= 11 is 1.56. The number of thiophene rings is 1. The zero-order chi connectivity index (χ0) is 10.0. The molecule has 0 amide bonds. The molecule has 1 heterocycles. The largest absolute Gasteiger partial charge is 0.387 e. The third kappa shape index (κ3) is 1.85. The maximum atomic E-state index is 10.3. The predicted molar refractivity (Wildman–Crippen MR) is 57.3 cm³/mol. The van der Waals surface area contributed by atoms with Crippen LogP contribution in [0.3, 0.4) is 0 Å². The summed E-state index contributed by atoms with van der Waals surface area (Å²) in [4.78, 5) is 0. The maximum Gasteiger partial charge on any atom is 0.108 e. The Balaban J connectivity index is 2.13. The van der Waals surface area contributed by atoms with E-state index in [1.807, 2.05) is 16.8 Å². The van der Waals surface area contributed by atoms with Crippen molar-refractivity contribution in [3.05, 3.63) is 22.4 Å². The van der Waals surface area contributed by atoms with Crippen LogP contribution in [0.4, 0.5) is 0 Å². The normalized spacial score (nSPS) is 23.3. The van der Waals surface area contributed by atoms with Crippen LogP contribution in [-0.2, 0) is 0 Å². The quantitative estimate of drug-likeness (QED) is 0.790. The van der Waals surface area contributed by atoms with Crippen LogP contribution >= 0.6 is 11.3 Å². The van der Waals surface area contributed by atoms with Gasteiger partial charge in [-0.1, -0.05) is 19.3 Å². The van der Waals surface area contributed by atoms with E-state index < -0.39 is 11.7 Å². The van der Waals surface area contributed by atoms with Crippen LogP contribution in [0.15, 0.2) is 16.8 Å². The number of hydrogen-bond acceptors (Lipinski definition) is 3. The molecule has 0 spiro atoms. The van der Waals surface area contributed by atoms with Gasteiger partial charge in [0.05, 0.1) is 5.60 Å². The van der Waals surface area contributed by atoms with Gasteiger partial charge in [-0.05, 0) is 35.2 Å². The molecule has 14 heavy (non-hydrogen) atoms. The van der Waals surface area contributed by atoms with Gasteiger partial charge in [0.2, 0.25) is 0 Å². The summed E-state index contributed by atoms with van der Waals surface area (Å²) in [7, 11) is 0. The summed E-state index contributed by atoms with van der Waals surface area (Å²) in [6.45, 7) is 0. The van der Waals surface area contributed by atoms with Crippen molar-refractivity contribution in [2.75, 3.05) is 0 Å². The van der Waals surface area contributed by atoms with E-state index in [0.29, 0.717) is 0 Å². The van der Waals surface area contributed by atoms with E-state index in [1.165, 1.54) is 6.42 Å². The molecule has 1 atom stereocenters. The van der Waals surface area contributed by atoms with Gasteiger partial charge in [-0.2, -0.15) is 11.3 Å². The van der Waals surface area contributed by atoms with Gasteiger partial charge in [0.1, 0.15) is 6.10 Å². The first-order valence-corrected chi connectivity index (χ1v) is 6.09. The summed E-state index contributed by atoms with van der Waals surface area (Å²) in [5.74, 6) is 0. The Morgan fingerprint density at radius 1 is 1.29 bits per heavy atom. The van der Waals surface area contributed by atoms with Crippen LogP contribution < -0.4 is 0 Å². The molecule has 1 fully saturated rings. The summed E-state index contributed by atoms with van der Waals surface area (Å²) in [6, 6.07) is 1.89. The van der Waals surface area contributed by atoms with Gasteiger partial charge in [-0.25, -0.2) is 0 Å². The Bertz CT molecular complexity index is 275. The van der Waals surface area contributed by atoms with Crippen LogP contribution in [-0.4, -0.2) is 15.8 Å². The molecule has 1 saturated carbocycles. The first-order chi connectivity index (χ1) is 6.72. The molecule has 0 saturated heterocycles. The third-order valence-corrected chi connectivity index (χ3v) is 3.79. The van der Waals surface area contributed by atoms with Crippen LogP contribution in [0, 0.1) is 0 Å². The highest BCUT2D eigenvalue weighted by Gasteiger charge is 2.37. The average molecular weight is 212 g/mol. The second kappa shape index (κ2) is 4.01. The van der Waals surface area contributed by atoms with E-state index in [0.717, 1.165) is 31.2 Å². The van der Waals surface area contributed by atoms with Crippen molar-refractivity contribution >= 4 is 11.3 Å². The minimum atomic E-state index is -0.876. The SMILES string of the molecule is OC(c1ccsc1)C1(O)CCCCC1. The van der Waals surface area contributed by atoms with Crippen LogP contribution in [0.2, 0.25) is 0 Å². The highest BCUT2D eigenvalue weighted by atomic mass is 32.1. The monoisotopic (exact) mass is 212 g/mol. The highest BCUT2D eigenvalue weighted by molar-refractivity contribution is 7.07. The standard InChI is InChI=1S/C11H16O2S/c12-10(9-4-7-14-8-9)11(13)5-2-1-3-6-11/h4,7-8,10,12-13H,1-3,5-6H2. The van der Waals surface area contributed by atoms with Gasteiger partial charge in [0, 0.05) is 0 Å². The Morgan fingerprint density at radius 3 is 2.57 bits per heavy atom. The minimum absolute atomic E-state index is 0.700. The molecule has 1 unspecified atom stereocenters. The lowest BCUT2D eigenvalue weighted by Crippen LogP contribution is -2.38. The molecule has 78 valence electrons. The number of aliphatic hydroxyl groups is 2. The summed E-state index contributed by atoms with van der Waals surface area (Å²) < 4.78 is 0. The van der Waals surface area contributed by atoms with Gasteiger partial charge in [0.15, 0.2) is 0 Å². The summed E-state index contributed by atoms with van der Waals surface area (Å²) in [6.07, 6.45) is 3.98. The van der Waals surface area contributed by atoms with Crippen molar-refractivity contribution in [1.29, 1.82) is 0 Å². The zero-order valence-corrected chi connectivity index (χ0v) is 8.96. The molecule has 3 heteroatoms. The van der Waals surface area contributed by atoms with Gasteiger partial charge < -0.3 is 10.2 Å². The Kier molecular flexibility index (Phi) is 2.91. The molecular weight excluding hydrogens is 196 g/mol. The summed E-state index contributed by atoms with van der Waals surface area (Å²) in [5.41, 5.74) is -0.0151. The van der Waals surface area contributed by atoms with E-state index in [1.54, 1.807) is 11.3 Å². The van der Waals surface area contributed by atoms with Gasteiger partial charge >= 0.3 is 0 Å². The Hall–Kier alpha value is -0.380. The van der Waals surface area contributed by atoms with Gasteiger partial charge in [0.25, 0.3) is 0 Å². The molecule has 0 bridgehead atoms. The highest BCUT2D eigenvalue weighted by Crippen LogP contribution is 2.38. The second-order valence-corrected chi connectivity index (χ2v) is 4.90. The van der Waals surface area contributed by atoms with E-state index in [9.17, 15) is 10.2 Å². The van der Waals surface area contributed by atoms with E-state index in [-0.39, 0.29) is 0 Å². The van der Waals surface area contributed by atoms with Gasteiger partial charge in [-0.15, -0.1) is 0 Å². The van der Waals surface area contributed by atoms with Crippen molar-refractivity contribution in [3.63, 3.8) is 0 Å². The smallest absolute Gasteiger partial charge is 0.108 e. The third-order valence-electron chi connectivity index (χ3n) is 3.09. The molecule has 2 N–H and O–H groups in total. The zero-order valence-electron chi connectivity index (χ0n) is 8.15. The molecular formula is C11H16O2S. The number of hydrogen-bond donors (Lipinski definition) is 2. The molecule has 1 aromatic rings. The molecule has 0 aromatic carbocycles. The second-order valence-electron chi connectivity index (χ2n) is 4.12. The molecule has 2 nitrogen and oxygen atoms in total. The van der Waals surface area contributed by atoms with Crippen LogP contribution in [0.5, 0.6) is 0 Å². The van der Waals surface area contributed by atoms with Crippen molar-refractivity contribution in [2.24, 2.45) is 0 Å². The Labute approximate surface area is 88.2 Å². The van der Waals surface area contributed by atoms with Crippen molar-refractivity contribution < 1.29 is 10.2 Å². The number of rotatable bonds is 2. The van der Waals surface area contributed by atoms with Crippen LogP contribution in [0.1, 0.15) is 43.8 Å². The molecule has 2 rings (SSSR count). The first kappa shape index (κ1) is 10.1. The fourth-order valence-electron chi connectivity index (χ4n) is 2.18. The molecule has 0 radical (unpaired) electrons. The lowest BCUT2D eigenvalue weighted by Gasteiger charge is -2.36. The lowest BCUT2D eigenvalue weighted by atomic mass is 9.79. The van der Waals surface area contributed by atoms with Gasteiger partial charge in [-0.3, -0.25) is 0 Å². The van der Waals surface area contributed by atoms with Crippen molar-refractivity contribution in [2.45, 2.75) is 43.8 Å².